The number of ether oxygens (including phenoxy) is 1. The molecule has 0 saturated carbocycles. The van der Waals surface area contributed by atoms with E-state index in [1.807, 2.05) is 31.4 Å². The third-order valence-corrected chi connectivity index (χ3v) is 5.72. The first kappa shape index (κ1) is 21.6. The second kappa shape index (κ2) is 9.27. The predicted molar refractivity (Wildman–Crippen MR) is 120 cm³/mol. The zero-order valence-corrected chi connectivity index (χ0v) is 19.1. The molecule has 0 saturated heterocycles. The van der Waals surface area contributed by atoms with E-state index in [2.05, 4.69) is 38.9 Å². The van der Waals surface area contributed by atoms with E-state index in [0.717, 1.165) is 22.6 Å². The number of hydrogen-bond acceptors (Lipinski definition) is 7. The van der Waals surface area contributed by atoms with Gasteiger partial charge >= 0.3 is 0 Å². The van der Waals surface area contributed by atoms with Crippen LogP contribution in [0.5, 0.6) is 5.75 Å². The zero-order valence-electron chi connectivity index (χ0n) is 18.2. The van der Waals surface area contributed by atoms with Gasteiger partial charge in [-0.25, -0.2) is 0 Å². The molecule has 0 spiro atoms. The number of methoxy groups -OCH3 is 1. The standard InChI is InChI=1S/C23H23N5O3S/c1-14-5-6-15(2)19(11-14)28-20(25-26-23(28)32-21-12-16(3)31-27-21)13-24-22(29)17-7-9-18(30-4)10-8-17/h5-12H,13H2,1-4H3,(H,24,29). The molecule has 4 aromatic rings. The lowest BCUT2D eigenvalue weighted by atomic mass is 10.1. The Hall–Kier alpha value is -3.59. The second-order valence-corrected chi connectivity index (χ2v) is 8.30. The molecule has 2 aromatic heterocycles. The summed E-state index contributed by atoms with van der Waals surface area (Å²) in [5, 5.41) is 17.0. The summed E-state index contributed by atoms with van der Waals surface area (Å²) in [7, 11) is 1.59. The molecule has 0 fully saturated rings. The van der Waals surface area contributed by atoms with Crippen LogP contribution in [0.4, 0.5) is 0 Å². The number of amides is 1. The van der Waals surface area contributed by atoms with Gasteiger partial charge in [-0.2, -0.15) is 0 Å². The molecule has 1 N–H and O–H groups in total. The van der Waals surface area contributed by atoms with E-state index in [1.54, 1.807) is 31.4 Å². The largest absolute Gasteiger partial charge is 0.497 e. The Labute approximate surface area is 190 Å². The molecule has 164 valence electrons. The van der Waals surface area contributed by atoms with Crippen LogP contribution < -0.4 is 10.1 Å². The Morgan fingerprint density at radius 1 is 1.09 bits per heavy atom. The number of nitrogens with zero attached hydrogens (tertiary/aromatic N) is 4. The first-order valence-electron chi connectivity index (χ1n) is 10.00. The monoisotopic (exact) mass is 449 g/mol. The van der Waals surface area contributed by atoms with Crippen molar-refractivity contribution in [3.63, 3.8) is 0 Å². The fourth-order valence-corrected chi connectivity index (χ4v) is 4.04. The van der Waals surface area contributed by atoms with Gasteiger partial charge in [-0.1, -0.05) is 17.3 Å². The highest BCUT2D eigenvalue weighted by molar-refractivity contribution is 7.99. The number of nitrogens with one attached hydrogen (secondary N) is 1. The Morgan fingerprint density at radius 3 is 2.56 bits per heavy atom. The lowest BCUT2D eigenvalue weighted by Crippen LogP contribution is -2.24. The molecule has 0 aliphatic carbocycles. The zero-order chi connectivity index (χ0) is 22.7. The quantitative estimate of drug-likeness (QED) is 0.450. The number of carbonyl (C=O) groups is 1. The summed E-state index contributed by atoms with van der Waals surface area (Å²) in [4.78, 5) is 12.7. The van der Waals surface area contributed by atoms with E-state index in [9.17, 15) is 4.79 Å². The Bertz CT molecular complexity index is 1250. The normalized spacial score (nSPS) is 10.9. The summed E-state index contributed by atoms with van der Waals surface area (Å²) in [6.07, 6.45) is 0. The van der Waals surface area contributed by atoms with Crippen molar-refractivity contribution in [3.05, 3.63) is 76.8 Å². The molecule has 32 heavy (non-hydrogen) atoms. The van der Waals surface area contributed by atoms with Crippen molar-refractivity contribution in [1.82, 2.24) is 25.2 Å². The van der Waals surface area contributed by atoms with Crippen molar-refractivity contribution in [2.24, 2.45) is 0 Å². The van der Waals surface area contributed by atoms with Gasteiger partial charge in [0.25, 0.3) is 5.91 Å². The van der Waals surface area contributed by atoms with Crippen LogP contribution in [0.3, 0.4) is 0 Å². The van der Waals surface area contributed by atoms with Gasteiger partial charge in [-0.05, 0) is 74.0 Å². The minimum Gasteiger partial charge on any atom is -0.497 e. The van der Waals surface area contributed by atoms with Crippen LogP contribution in [0.15, 0.2) is 63.2 Å². The molecule has 0 atom stereocenters. The Morgan fingerprint density at radius 2 is 1.88 bits per heavy atom. The maximum atomic E-state index is 12.7. The molecule has 2 aromatic carbocycles. The SMILES string of the molecule is COc1ccc(C(=O)NCc2nnc(Sc3cc(C)on3)n2-c2cc(C)ccc2C)cc1. The lowest BCUT2D eigenvalue weighted by molar-refractivity contribution is 0.0949. The van der Waals surface area contributed by atoms with Gasteiger partial charge in [0.15, 0.2) is 5.82 Å². The molecule has 2 heterocycles. The summed E-state index contributed by atoms with van der Waals surface area (Å²) in [6.45, 7) is 6.12. The summed E-state index contributed by atoms with van der Waals surface area (Å²) in [6, 6.07) is 15.0. The first-order chi connectivity index (χ1) is 15.4. The van der Waals surface area contributed by atoms with Crippen LogP contribution in [-0.4, -0.2) is 32.9 Å². The Balaban J connectivity index is 1.63. The molecule has 9 heteroatoms. The van der Waals surface area contributed by atoms with Gasteiger partial charge in [-0.3, -0.25) is 9.36 Å². The molecule has 8 nitrogen and oxygen atoms in total. The summed E-state index contributed by atoms with van der Waals surface area (Å²) in [5.74, 6) is 1.83. The molecular weight excluding hydrogens is 426 g/mol. The van der Waals surface area contributed by atoms with Gasteiger partial charge in [0, 0.05) is 11.6 Å². The van der Waals surface area contributed by atoms with Gasteiger partial charge in [0.1, 0.15) is 16.5 Å². The highest BCUT2D eigenvalue weighted by atomic mass is 32.2. The van der Waals surface area contributed by atoms with Crippen molar-refractivity contribution in [3.8, 4) is 11.4 Å². The van der Waals surface area contributed by atoms with Gasteiger partial charge < -0.3 is 14.6 Å². The molecular formula is C23H23N5O3S. The number of benzene rings is 2. The van der Waals surface area contributed by atoms with E-state index in [1.165, 1.54) is 11.8 Å². The number of aryl methyl sites for hydroxylation is 3. The average Bonchev–Trinajstić information content (AvgIpc) is 3.39. The van der Waals surface area contributed by atoms with E-state index in [0.29, 0.717) is 27.3 Å². The van der Waals surface area contributed by atoms with E-state index in [-0.39, 0.29) is 12.5 Å². The van der Waals surface area contributed by atoms with Crippen molar-refractivity contribution in [2.75, 3.05) is 7.11 Å². The van der Waals surface area contributed by atoms with E-state index < -0.39 is 0 Å². The Kier molecular flexibility index (Phi) is 6.27. The molecule has 0 aliphatic rings. The van der Waals surface area contributed by atoms with Crippen molar-refractivity contribution < 1.29 is 14.1 Å². The van der Waals surface area contributed by atoms with Crippen molar-refractivity contribution in [2.45, 2.75) is 37.5 Å². The van der Waals surface area contributed by atoms with Crippen LogP contribution in [-0.2, 0) is 6.54 Å². The number of carbonyl (C=O) groups excluding carboxylic acids is 1. The number of rotatable bonds is 7. The van der Waals surface area contributed by atoms with Crippen LogP contribution in [0.1, 0.15) is 33.1 Å². The van der Waals surface area contributed by atoms with Crippen molar-refractivity contribution in [1.29, 1.82) is 0 Å². The van der Waals surface area contributed by atoms with E-state index >= 15 is 0 Å². The van der Waals surface area contributed by atoms with Crippen LogP contribution >= 0.6 is 11.8 Å². The van der Waals surface area contributed by atoms with E-state index in [4.69, 9.17) is 9.26 Å². The van der Waals surface area contributed by atoms with Crippen LogP contribution in [0, 0.1) is 20.8 Å². The summed E-state index contributed by atoms with van der Waals surface area (Å²) < 4.78 is 12.3. The second-order valence-electron chi connectivity index (χ2n) is 7.31. The maximum Gasteiger partial charge on any atom is 0.251 e. The van der Waals surface area contributed by atoms with Gasteiger partial charge in [0.05, 0.1) is 19.3 Å². The third-order valence-electron chi connectivity index (χ3n) is 4.87. The average molecular weight is 450 g/mol. The topological polar surface area (TPSA) is 95.1 Å². The highest BCUT2D eigenvalue weighted by Crippen LogP contribution is 2.30. The first-order valence-corrected chi connectivity index (χ1v) is 10.8. The van der Waals surface area contributed by atoms with Crippen LogP contribution in [0.25, 0.3) is 5.69 Å². The molecule has 0 unspecified atom stereocenters. The van der Waals surface area contributed by atoms with Gasteiger partial charge in [-0.15, -0.1) is 10.2 Å². The van der Waals surface area contributed by atoms with Gasteiger partial charge in [0.2, 0.25) is 5.16 Å². The smallest absolute Gasteiger partial charge is 0.251 e. The van der Waals surface area contributed by atoms with Crippen LogP contribution in [0.2, 0.25) is 0 Å². The molecule has 0 aliphatic heterocycles. The molecule has 4 rings (SSSR count). The maximum absolute atomic E-state index is 12.7. The number of hydrogen-bond donors (Lipinski definition) is 1. The fourth-order valence-electron chi connectivity index (χ4n) is 3.17. The number of aromatic nitrogens is 4. The summed E-state index contributed by atoms with van der Waals surface area (Å²) >= 11 is 1.36. The lowest BCUT2D eigenvalue weighted by Gasteiger charge is -2.14. The molecule has 0 bridgehead atoms. The van der Waals surface area contributed by atoms with Crippen molar-refractivity contribution >= 4 is 17.7 Å². The fraction of sp³-hybridized carbons (Fsp3) is 0.217. The minimum absolute atomic E-state index is 0.204. The summed E-state index contributed by atoms with van der Waals surface area (Å²) in [5.41, 5.74) is 3.67. The predicted octanol–water partition coefficient (Wildman–Crippen LogP) is 4.27. The minimum atomic E-state index is -0.204. The third kappa shape index (κ3) is 4.67. The molecule has 1 amide bonds. The molecule has 0 radical (unpaired) electrons. The highest BCUT2D eigenvalue weighted by Gasteiger charge is 2.19.